The third-order valence-corrected chi connectivity index (χ3v) is 3.84. The molecule has 5 heteroatoms. The lowest BCUT2D eigenvalue weighted by Gasteiger charge is -2.43. The molecule has 0 N–H and O–H groups in total. The highest BCUT2D eigenvalue weighted by Crippen LogP contribution is 2.55. The molecule has 3 aliphatic rings. The molecule has 0 fully saturated rings. The number of ketones is 1. The van der Waals surface area contributed by atoms with Crippen molar-refractivity contribution in [2.75, 3.05) is 0 Å². The standard InChI is InChI=1S/C14H8N4O/c15-6-13(7-16)10-1-2-11(5-12(19)4-3-10)14(13,8-17)9-18/h1-4,10-11H,5H2. The van der Waals surface area contributed by atoms with Gasteiger partial charge in [0.05, 0.1) is 24.3 Å². The lowest BCUT2D eigenvalue weighted by molar-refractivity contribution is -0.116. The van der Waals surface area contributed by atoms with Gasteiger partial charge < -0.3 is 0 Å². The summed E-state index contributed by atoms with van der Waals surface area (Å²) in [4.78, 5) is 11.6. The molecular formula is C14H8N4O. The molecule has 3 aliphatic carbocycles. The van der Waals surface area contributed by atoms with Crippen LogP contribution in [0.3, 0.4) is 0 Å². The summed E-state index contributed by atoms with van der Waals surface area (Å²) < 4.78 is 0. The summed E-state index contributed by atoms with van der Waals surface area (Å²) in [7, 11) is 0. The number of carbonyl (C=O) groups excluding carboxylic acids is 1. The van der Waals surface area contributed by atoms with E-state index >= 15 is 0 Å². The van der Waals surface area contributed by atoms with E-state index in [0.717, 1.165) is 0 Å². The number of rotatable bonds is 0. The average molecular weight is 248 g/mol. The van der Waals surface area contributed by atoms with Gasteiger partial charge in [0, 0.05) is 18.3 Å². The molecule has 2 bridgehead atoms. The first-order valence-corrected chi connectivity index (χ1v) is 5.64. The van der Waals surface area contributed by atoms with Gasteiger partial charge in [-0.15, -0.1) is 0 Å². The Morgan fingerprint density at radius 1 is 0.947 bits per heavy atom. The SMILES string of the molecule is N#CC1(C#N)C2C=CC(=O)CC(C=C2)C1(C#N)C#N. The van der Waals surface area contributed by atoms with Crippen LogP contribution in [0.25, 0.3) is 0 Å². The van der Waals surface area contributed by atoms with Crippen molar-refractivity contribution in [3.63, 3.8) is 0 Å². The second-order valence-corrected chi connectivity index (χ2v) is 4.61. The zero-order chi connectivity index (χ0) is 14.1. The van der Waals surface area contributed by atoms with Gasteiger partial charge in [-0.05, 0) is 6.08 Å². The molecular weight excluding hydrogens is 240 g/mol. The minimum Gasteiger partial charge on any atom is -0.295 e. The largest absolute Gasteiger partial charge is 0.295 e. The summed E-state index contributed by atoms with van der Waals surface area (Å²) in [5.41, 5.74) is -3.61. The third-order valence-electron chi connectivity index (χ3n) is 3.84. The summed E-state index contributed by atoms with van der Waals surface area (Å²) in [5, 5.41) is 37.7. The monoisotopic (exact) mass is 248 g/mol. The fraction of sp³-hybridized carbons (Fsp3) is 0.357. The topological polar surface area (TPSA) is 112 Å². The van der Waals surface area contributed by atoms with Gasteiger partial charge >= 0.3 is 0 Å². The zero-order valence-electron chi connectivity index (χ0n) is 9.87. The number of nitriles is 4. The Balaban J connectivity index is 2.83. The molecule has 2 unspecified atom stereocenters. The van der Waals surface area contributed by atoms with Crippen molar-refractivity contribution in [1.82, 2.24) is 0 Å². The number of carbonyl (C=O) groups is 1. The van der Waals surface area contributed by atoms with Gasteiger partial charge in [0.25, 0.3) is 0 Å². The molecule has 0 aromatic heterocycles. The van der Waals surface area contributed by atoms with Gasteiger partial charge in [-0.3, -0.25) is 4.79 Å². The summed E-state index contributed by atoms with van der Waals surface area (Å²) >= 11 is 0. The maximum absolute atomic E-state index is 11.6. The first-order chi connectivity index (χ1) is 9.10. The molecule has 2 atom stereocenters. The molecule has 0 aromatic carbocycles. The highest BCUT2D eigenvalue weighted by atomic mass is 16.1. The van der Waals surface area contributed by atoms with E-state index in [0.29, 0.717) is 0 Å². The molecule has 0 heterocycles. The van der Waals surface area contributed by atoms with Crippen molar-refractivity contribution >= 4 is 5.78 Å². The number of fused-ring (bicyclic) bond motifs is 3. The van der Waals surface area contributed by atoms with E-state index in [1.54, 1.807) is 12.2 Å². The Morgan fingerprint density at radius 3 is 2.05 bits per heavy atom. The van der Waals surface area contributed by atoms with Crippen molar-refractivity contribution in [3.8, 4) is 24.3 Å². The average Bonchev–Trinajstić information content (AvgIpc) is 2.42. The number of hydrogen-bond acceptors (Lipinski definition) is 5. The summed E-state index contributed by atoms with van der Waals surface area (Å²) in [6.07, 6.45) is 5.94. The zero-order valence-corrected chi connectivity index (χ0v) is 9.87. The molecule has 0 saturated heterocycles. The fourth-order valence-electron chi connectivity index (χ4n) is 2.74. The highest BCUT2D eigenvalue weighted by Gasteiger charge is 2.63. The van der Waals surface area contributed by atoms with Crippen LogP contribution in [0.5, 0.6) is 0 Å². The Labute approximate surface area is 110 Å². The second-order valence-electron chi connectivity index (χ2n) is 4.61. The lowest BCUT2D eigenvalue weighted by Crippen LogP contribution is -2.50. The molecule has 0 radical (unpaired) electrons. The smallest absolute Gasteiger partial charge is 0.185 e. The van der Waals surface area contributed by atoms with Gasteiger partial charge in [-0.2, -0.15) is 21.0 Å². The molecule has 5 nitrogen and oxygen atoms in total. The van der Waals surface area contributed by atoms with Crippen molar-refractivity contribution in [3.05, 3.63) is 24.3 Å². The third kappa shape index (κ3) is 1.33. The van der Waals surface area contributed by atoms with Crippen LogP contribution in [0.2, 0.25) is 0 Å². The Hall–Kier alpha value is -2.89. The maximum Gasteiger partial charge on any atom is 0.185 e. The van der Waals surface area contributed by atoms with Crippen LogP contribution in [0.4, 0.5) is 0 Å². The van der Waals surface area contributed by atoms with Gasteiger partial charge in [-0.1, -0.05) is 18.2 Å². The van der Waals surface area contributed by atoms with Crippen LogP contribution >= 0.6 is 0 Å². The van der Waals surface area contributed by atoms with E-state index in [1.165, 1.54) is 12.2 Å². The van der Waals surface area contributed by atoms with E-state index in [2.05, 4.69) is 0 Å². The minimum atomic E-state index is -1.82. The van der Waals surface area contributed by atoms with Crippen LogP contribution in [-0.2, 0) is 4.79 Å². The Bertz CT molecular complexity index is 632. The van der Waals surface area contributed by atoms with Crippen molar-refractivity contribution in [2.45, 2.75) is 6.42 Å². The van der Waals surface area contributed by atoms with E-state index in [-0.39, 0.29) is 12.2 Å². The van der Waals surface area contributed by atoms with Gasteiger partial charge in [0.2, 0.25) is 0 Å². The normalized spacial score (nSPS) is 29.2. The summed E-state index contributed by atoms with van der Waals surface area (Å²) in [5.74, 6) is -1.68. The van der Waals surface area contributed by atoms with Crippen molar-refractivity contribution < 1.29 is 4.79 Å². The molecule has 3 rings (SSSR count). The summed E-state index contributed by atoms with van der Waals surface area (Å²) in [6.45, 7) is 0. The minimum absolute atomic E-state index is 0.0497. The number of hydrogen-bond donors (Lipinski definition) is 0. The van der Waals surface area contributed by atoms with Crippen molar-refractivity contribution in [2.24, 2.45) is 22.7 Å². The summed E-state index contributed by atoms with van der Waals surface area (Å²) in [6, 6.07) is 7.38. The molecule has 19 heavy (non-hydrogen) atoms. The van der Waals surface area contributed by atoms with Gasteiger partial charge in [0.15, 0.2) is 16.6 Å². The van der Waals surface area contributed by atoms with E-state index in [9.17, 15) is 25.8 Å². The fourth-order valence-corrected chi connectivity index (χ4v) is 2.74. The van der Waals surface area contributed by atoms with Crippen molar-refractivity contribution in [1.29, 1.82) is 21.0 Å². The second kappa shape index (κ2) is 4.09. The molecule has 0 spiro atoms. The molecule has 0 saturated carbocycles. The van der Waals surface area contributed by atoms with Crippen LogP contribution in [-0.4, -0.2) is 5.78 Å². The quantitative estimate of drug-likeness (QED) is 0.601. The first-order valence-electron chi connectivity index (χ1n) is 5.64. The van der Waals surface area contributed by atoms with Gasteiger partial charge in [0.1, 0.15) is 0 Å². The number of allylic oxidation sites excluding steroid dienone is 4. The maximum atomic E-state index is 11.6. The lowest BCUT2D eigenvalue weighted by atomic mass is 9.50. The van der Waals surface area contributed by atoms with E-state index < -0.39 is 22.7 Å². The van der Waals surface area contributed by atoms with Crippen LogP contribution in [0.15, 0.2) is 24.3 Å². The van der Waals surface area contributed by atoms with E-state index in [1.807, 2.05) is 24.3 Å². The Kier molecular flexibility index (Phi) is 2.71. The highest BCUT2D eigenvalue weighted by molar-refractivity contribution is 5.90. The van der Waals surface area contributed by atoms with Crippen LogP contribution < -0.4 is 0 Å². The Morgan fingerprint density at radius 2 is 1.53 bits per heavy atom. The van der Waals surface area contributed by atoms with Crippen LogP contribution in [0.1, 0.15) is 6.42 Å². The van der Waals surface area contributed by atoms with Crippen LogP contribution in [0, 0.1) is 68.0 Å². The van der Waals surface area contributed by atoms with Gasteiger partial charge in [-0.25, -0.2) is 0 Å². The first kappa shape index (κ1) is 12.6. The molecule has 0 amide bonds. The molecule has 0 aromatic rings. The number of nitrogens with zero attached hydrogens (tertiary/aromatic N) is 4. The predicted molar refractivity (Wildman–Crippen MR) is 62.2 cm³/mol. The van der Waals surface area contributed by atoms with E-state index in [4.69, 9.17) is 0 Å². The molecule has 90 valence electrons. The molecule has 0 aliphatic heterocycles. The predicted octanol–water partition coefficient (Wildman–Crippen LogP) is 1.38.